The van der Waals surface area contributed by atoms with Crippen LogP contribution in [0.15, 0.2) is 36.9 Å². The smallest absolute Gasteiger partial charge is 0.338 e. The molecule has 2 atom stereocenters. The van der Waals surface area contributed by atoms with Crippen molar-refractivity contribution in [2.45, 2.75) is 46.0 Å². The molecule has 4 heterocycles. The molecule has 1 fully saturated rings. The fraction of sp³-hybridized carbons (Fsp3) is 0.391. The summed E-state index contributed by atoms with van der Waals surface area (Å²) in [5.41, 5.74) is 6.13. The average molecular weight is 419 g/mol. The number of carbonyl (C=O) groups excluding carboxylic acids is 1. The number of piperazine rings is 1. The summed E-state index contributed by atoms with van der Waals surface area (Å²) in [7, 11) is 0. The number of carbonyl (C=O) groups is 1. The summed E-state index contributed by atoms with van der Waals surface area (Å²) in [6.45, 7) is 9.21. The van der Waals surface area contributed by atoms with E-state index < -0.39 is 0 Å². The molecule has 1 saturated heterocycles. The third kappa shape index (κ3) is 3.84. The van der Waals surface area contributed by atoms with Crippen LogP contribution < -0.4 is 5.32 Å². The number of cyclic esters (lactones) is 1. The molecule has 1 aromatic carbocycles. The Morgan fingerprint density at radius 3 is 2.77 bits per heavy atom. The third-order valence-corrected chi connectivity index (χ3v) is 6.12. The summed E-state index contributed by atoms with van der Waals surface area (Å²) in [6, 6.07) is 4.53. The van der Waals surface area contributed by atoms with Crippen molar-refractivity contribution in [2.75, 3.05) is 13.1 Å². The van der Waals surface area contributed by atoms with Gasteiger partial charge in [0.05, 0.1) is 24.2 Å². The van der Waals surface area contributed by atoms with Crippen molar-refractivity contribution in [1.82, 2.24) is 30.0 Å². The van der Waals surface area contributed by atoms with Crippen molar-refractivity contribution < 1.29 is 9.53 Å². The van der Waals surface area contributed by atoms with Gasteiger partial charge in [0.15, 0.2) is 0 Å². The lowest BCUT2D eigenvalue weighted by Gasteiger charge is -2.38. The van der Waals surface area contributed by atoms with Crippen LogP contribution in [0.1, 0.15) is 51.4 Å². The molecule has 2 aliphatic heterocycles. The Kier molecular flexibility index (Phi) is 5.03. The van der Waals surface area contributed by atoms with Crippen LogP contribution in [0.4, 0.5) is 0 Å². The minimum absolute atomic E-state index is 0.199. The van der Waals surface area contributed by atoms with Crippen LogP contribution in [-0.2, 0) is 17.9 Å². The Balaban J connectivity index is 1.33. The summed E-state index contributed by atoms with van der Waals surface area (Å²) >= 11 is 0. The van der Waals surface area contributed by atoms with Gasteiger partial charge in [-0.2, -0.15) is 5.10 Å². The molecule has 5 rings (SSSR count). The molecule has 0 saturated carbocycles. The number of esters is 1. The number of hydrogen-bond donors (Lipinski definition) is 1. The Morgan fingerprint density at radius 1 is 1.16 bits per heavy atom. The monoisotopic (exact) mass is 418 g/mol. The molecule has 0 radical (unpaired) electrons. The van der Waals surface area contributed by atoms with E-state index in [1.54, 1.807) is 12.4 Å². The highest BCUT2D eigenvalue weighted by molar-refractivity contribution is 5.94. The summed E-state index contributed by atoms with van der Waals surface area (Å²) in [5, 5.41) is 8.21. The zero-order valence-electron chi connectivity index (χ0n) is 18.0. The molecule has 0 bridgehead atoms. The molecule has 0 aliphatic carbocycles. The van der Waals surface area contributed by atoms with Crippen LogP contribution in [0.3, 0.4) is 0 Å². The zero-order chi connectivity index (χ0) is 21.5. The van der Waals surface area contributed by atoms with E-state index in [1.807, 2.05) is 30.1 Å². The number of aromatic nitrogens is 4. The molecule has 1 N–H and O–H groups in total. The molecule has 0 spiro atoms. The summed E-state index contributed by atoms with van der Waals surface area (Å²) in [4.78, 5) is 22.8. The molecule has 2 aromatic heterocycles. The Labute approximate surface area is 181 Å². The highest BCUT2D eigenvalue weighted by atomic mass is 16.5. The van der Waals surface area contributed by atoms with Crippen molar-refractivity contribution in [3.8, 4) is 5.69 Å². The van der Waals surface area contributed by atoms with Crippen molar-refractivity contribution in [1.29, 1.82) is 0 Å². The van der Waals surface area contributed by atoms with E-state index in [0.29, 0.717) is 18.2 Å². The molecular formula is C23H26N6O2. The van der Waals surface area contributed by atoms with Gasteiger partial charge in [-0.25, -0.2) is 19.4 Å². The van der Waals surface area contributed by atoms with Gasteiger partial charge >= 0.3 is 5.97 Å². The second kappa shape index (κ2) is 7.86. The summed E-state index contributed by atoms with van der Waals surface area (Å²) < 4.78 is 7.04. The first kappa shape index (κ1) is 19.8. The predicted octanol–water partition coefficient (Wildman–Crippen LogP) is 2.48. The van der Waals surface area contributed by atoms with Crippen LogP contribution in [0.5, 0.6) is 0 Å². The van der Waals surface area contributed by atoms with Gasteiger partial charge in [-0.15, -0.1) is 0 Å². The van der Waals surface area contributed by atoms with Crippen LogP contribution in [0.25, 0.3) is 5.69 Å². The highest BCUT2D eigenvalue weighted by Gasteiger charge is 2.30. The molecule has 2 aliphatic rings. The van der Waals surface area contributed by atoms with Gasteiger partial charge < -0.3 is 10.1 Å². The number of hydrogen-bond acceptors (Lipinski definition) is 7. The Morgan fingerprint density at radius 2 is 1.97 bits per heavy atom. The Bertz CT molecular complexity index is 1120. The number of rotatable bonds is 4. The maximum absolute atomic E-state index is 11.9. The first-order valence-corrected chi connectivity index (χ1v) is 10.6. The molecule has 0 unspecified atom stereocenters. The van der Waals surface area contributed by atoms with E-state index in [9.17, 15) is 4.79 Å². The number of nitrogens with one attached hydrogen (secondary N) is 1. The second-order valence-corrected chi connectivity index (χ2v) is 8.48. The normalized spacial score (nSPS) is 21.2. The van der Waals surface area contributed by atoms with E-state index in [1.165, 1.54) is 5.56 Å². The van der Waals surface area contributed by atoms with Gasteiger partial charge in [0.1, 0.15) is 18.1 Å². The van der Waals surface area contributed by atoms with Gasteiger partial charge in [-0.1, -0.05) is 6.07 Å². The lowest BCUT2D eigenvalue weighted by atomic mass is 9.92. The van der Waals surface area contributed by atoms with Crippen LogP contribution in [0, 0.1) is 13.8 Å². The van der Waals surface area contributed by atoms with Gasteiger partial charge in [-0.3, -0.25) is 4.90 Å². The van der Waals surface area contributed by atoms with Gasteiger partial charge in [0.25, 0.3) is 0 Å². The van der Waals surface area contributed by atoms with E-state index in [-0.39, 0.29) is 12.0 Å². The van der Waals surface area contributed by atoms with Crippen LogP contribution in [-0.4, -0.2) is 49.7 Å². The zero-order valence-corrected chi connectivity index (χ0v) is 18.0. The lowest BCUT2D eigenvalue weighted by Crippen LogP contribution is -2.50. The number of fused-ring (bicyclic) bond motifs is 1. The number of nitrogens with zero attached hydrogens (tertiary/aromatic N) is 5. The van der Waals surface area contributed by atoms with Crippen LogP contribution in [0.2, 0.25) is 0 Å². The quantitative estimate of drug-likeness (QED) is 0.652. The average Bonchev–Trinajstić information content (AvgIpc) is 3.36. The standard InChI is InChI=1S/C23H26N6O2/c1-14-9-28(10-17-6-26-29(11-17)18-7-24-16(3)25-8-18)12-22(27-14)19-4-5-20-21(15(19)2)13-31-23(20)30/h4-8,11,14,22,27H,9-10,12-13H2,1-3H3/t14-,22-/m0/s1. The summed E-state index contributed by atoms with van der Waals surface area (Å²) in [6.07, 6.45) is 7.52. The van der Waals surface area contributed by atoms with Crippen molar-refractivity contribution in [3.63, 3.8) is 0 Å². The first-order valence-electron chi connectivity index (χ1n) is 10.6. The maximum atomic E-state index is 11.9. The van der Waals surface area contributed by atoms with Gasteiger partial charge in [-0.05, 0) is 38.0 Å². The van der Waals surface area contributed by atoms with Gasteiger partial charge in [0.2, 0.25) is 0 Å². The van der Waals surface area contributed by atoms with E-state index in [4.69, 9.17) is 4.74 Å². The topological polar surface area (TPSA) is 85.2 Å². The highest BCUT2D eigenvalue weighted by Crippen LogP contribution is 2.31. The van der Waals surface area contributed by atoms with E-state index in [2.05, 4.69) is 45.2 Å². The van der Waals surface area contributed by atoms with Crippen LogP contribution >= 0.6 is 0 Å². The van der Waals surface area contributed by atoms with Crippen molar-refractivity contribution >= 4 is 5.97 Å². The molecule has 0 amide bonds. The number of benzene rings is 1. The minimum atomic E-state index is -0.216. The van der Waals surface area contributed by atoms with Crippen molar-refractivity contribution in [3.05, 3.63) is 70.6 Å². The number of ether oxygens (including phenoxy) is 1. The van der Waals surface area contributed by atoms with Gasteiger partial charge in [0, 0.05) is 49.0 Å². The third-order valence-electron chi connectivity index (χ3n) is 6.12. The second-order valence-electron chi connectivity index (χ2n) is 8.48. The molecule has 160 valence electrons. The fourth-order valence-corrected chi connectivity index (χ4v) is 4.58. The fourth-order valence-electron chi connectivity index (χ4n) is 4.58. The first-order chi connectivity index (χ1) is 15.0. The SMILES string of the molecule is Cc1ncc(-n2cc(CN3C[C@@H](c4ccc5c(c4C)COC5=O)N[C@@H](C)C3)cn2)cn1. The number of aryl methyl sites for hydroxylation is 1. The maximum Gasteiger partial charge on any atom is 0.338 e. The predicted molar refractivity (Wildman–Crippen MR) is 115 cm³/mol. The largest absolute Gasteiger partial charge is 0.457 e. The Hall–Kier alpha value is -3.10. The van der Waals surface area contributed by atoms with Crippen molar-refractivity contribution in [2.24, 2.45) is 0 Å². The van der Waals surface area contributed by atoms with E-state index >= 15 is 0 Å². The molecule has 31 heavy (non-hydrogen) atoms. The van der Waals surface area contributed by atoms with E-state index in [0.717, 1.165) is 47.8 Å². The molecule has 8 nitrogen and oxygen atoms in total. The lowest BCUT2D eigenvalue weighted by molar-refractivity contribution is 0.0535. The molecule has 3 aromatic rings. The molecule has 8 heteroatoms. The summed E-state index contributed by atoms with van der Waals surface area (Å²) in [5.74, 6) is 0.530. The minimum Gasteiger partial charge on any atom is -0.457 e. The molecular weight excluding hydrogens is 392 g/mol.